The predicted octanol–water partition coefficient (Wildman–Crippen LogP) is 3.26. The third-order valence-corrected chi connectivity index (χ3v) is 1.80. The second kappa shape index (κ2) is 6.23. The fourth-order valence-electron chi connectivity index (χ4n) is 1.05. The lowest BCUT2D eigenvalue weighted by Gasteiger charge is -2.22. The maximum Gasteiger partial charge on any atom is 0.423 e. The predicted molar refractivity (Wildman–Crippen MR) is 46.4 cm³/mol. The van der Waals surface area contributed by atoms with Gasteiger partial charge in [-0.2, -0.15) is 26.3 Å². The third kappa shape index (κ3) is 7.19. The number of ketones is 1. The Morgan fingerprint density at radius 1 is 1.06 bits per heavy atom. The summed E-state index contributed by atoms with van der Waals surface area (Å²) in [6.45, 7) is 0.603. The zero-order chi connectivity index (χ0) is 13.7. The summed E-state index contributed by atoms with van der Waals surface area (Å²) in [5.74, 6) is -0.173. The minimum Gasteiger partial charge on any atom is -0.361 e. The third-order valence-electron chi connectivity index (χ3n) is 1.80. The van der Waals surface area contributed by atoms with E-state index in [0.29, 0.717) is 0 Å². The molecule has 0 saturated carbocycles. The van der Waals surface area contributed by atoms with Crippen LogP contribution in [0.1, 0.15) is 26.2 Å². The maximum atomic E-state index is 12.0. The Bertz CT molecular complexity index is 231. The largest absolute Gasteiger partial charge is 0.423 e. The summed E-state index contributed by atoms with van der Waals surface area (Å²) in [5, 5.41) is 0. The van der Waals surface area contributed by atoms with Gasteiger partial charge in [0.1, 0.15) is 5.78 Å². The topological polar surface area (TPSA) is 26.3 Å². The molecule has 0 aromatic carbocycles. The molecule has 2 nitrogen and oxygen atoms in total. The van der Waals surface area contributed by atoms with Gasteiger partial charge in [0.25, 0.3) is 0 Å². The highest BCUT2D eigenvalue weighted by atomic mass is 19.4. The Hall–Kier alpha value is -0.790. The van der Waals surface area contributed by atoms with Crippen molar-refractivity contribution in [3.8, 4) is 0 Å². The SMILES string of the molecule is CC(=O)CCCCOC(C(F)(F)F)C(F)(F)F. The molecular weight excluding hydrogens is 254 g/mol. The Morgan fingerprint density at radius 2 is 1.53 bits per heavy atom. The summed E-state index contributed by atoms with van der Waals surface area (Å²) < 4.78 is 75.5. The molecule has 0 aliphatic heterocycles. The monoisotopic (exact) mass is 266 g/mol. The lowest BCUT2D eigenvalue weighted by Crippen LogP contribution is -2.44. The van der Waals surface area contributed by atoms with Crippen molar-refractivity contribution < 1.29 is 35.9 Å². The van der Waals surface area contributed by atoms with E-state index in [2.05, 4.69) is 4.74 Å². The van der Waals surface area contributed by atoms with E-state index in [0.717, 1.165) is 0 Å². The van der Waals surface area contributed by atoms with E-state index in [1.165, 1.54) is 6.92 Å². The number of rotatable bonds is 6. The zero-order valence-electron chi connectivity index (χ0n) is 8.99. The maximum absolute atomic E-state index is 12.0. The van der Waals surface area contributed by atoms with Crippen molar-refractivity contribution in [1.82, 2.24) is 0 Å². The van der Waals surface area contributed by atoms with E-state index in [1.807, 2.05) is 0 Å². The van der Waals surface area contributed by atoms with Crippen LogP contribution in [0.2, 0.25) is 0 Å². The summed E-state index contributed by atoms with van der Waals surface area (Å²) >= 11 is 0. The molecule has 102 valence electrons. The van der Waals surface area contributed by atoms with Crippen molar-refractivity contribution in [2.45, 2.75) is 44.6 Å². The van der Waals surface area contributed by atoms with E-state index in [1.54, 1.807) is 0 Å². The van der Waals surface area contributed by atoms with Gasteiger partial charge in [0, 0.05) is 13.0 Å². The van der Waals surface area contributed by atoms with Crippen LogP contribution < -0.4 is 0 Å². The van der Waals surface area contributed by atoms with Crippen LogP contribution in [0.4, 0.5) is 26.3 Å². The molecular formula is C9H12F6O2. The Labute approximate surface area is 93.9 Å². The standard InChI is InChI=1S/C9H12F6O2/c1-6(16)4-2-3-5-17-7(8(10,11)12)9(13,14)15/h7H,2-5H2,1H3. The van der Waals surface area contributed by atoms with Crippen molar-refractivity contribution in [3.63, 3.8) is 0 Å². The highest BCUT2D eigenvalue weighted by molar-refractivity contribution is 5.75. The number of hydrogen-bond donors (Lipinski definition) is 0. The first-order valence-corrected chi connectivity index (χ1v) is 4.79. The quantitative estimate of drug-likeness (QED) is 0.545. The number of alkyl halides is 6. The van der Waals surface area contributed by atoms with Gasteiger partial charge < -0.3 is 9.53 Å². The molecule has 17 heavy (non-hydrogen) atoms. The summed E-state index contributed by atoms with van der Waals surface area (Å²) in [6, 6.07) is 0. The Balaban J connectivity index is 4.08. The van der Waals surface area contributed by atoms with Crippen molar-refractivity contribution in [1.29, 1.82) is 0 Å². The lowest BCUT2D eigenvalue weighted by molar-refractivity contribution is -0.321. The lowest BCUT2D eigenvalue weighted by atomic mass is 10.2. The molecule has 0 bridgehead atoms. The van der Waals surface area contributed by atoms with E-state index in [4.69, 9.17) is 0 Å². The van der Waals surface area contributed by atoms with Crippen molar-refractivity contribution >= 4 is 5.78 Å². The first-order valence-electron chi connectivity index (χ1n) is 4.79. The summed E-state index contributed by atoms with van der Waals surface area (Å²) in [4.78, 5) is 10.5. The molecule has 0 unspecified atom stereocenters. The molecule has 0 fully saturated rings. The fourth-order valence-corrected chi connectivity index (χ4v) is 1.05. The Kier molecular flexibility index (Phi) is 5.94. The van der Waals surface area contributed by atoms with Crippen LogP contribution >= 0.6 is 0 Å². The van der Waals surface area contributed by atoms with Gasteiger partial charge in [-0.25, -0.2) is 0 Å². The summed E-state index contributed by atoms with van der Waals surface area (Å²) in [6.07, 6.45) is -14.4. The van der Waals surface area contributed by atoms with Crippen LogP contribution in [-0.2, 0) is 9.53 Å². The molecule has 8 heteroatoms. The smallest absolute Gasteiger partial charge is 0.361 e. The van der Waals surface area contributed by atoms with Crippen LogP contribution in [0.5, 0.6) is 0 Å². The molecule has 0 saturated heterocycles. The molecule has 0 amide bonds. The molecule has 0 aliphatic carbocycles. The van der Waals surface area contributed by atoms with Gasteiger partial charge in [-0.3, -0.25) is 0 Å². The summed E-state index contributed by atoms with van der Waals surface area (Å²) in [5.41, 5.74) is 0. The normalized spacial score (nSPS) is 13.2. The highest BCUT2D eigenvalue weighted by Crippen LogP contribution is 2.35. The van der Waals surface area contributed by atoms with Gasteiger partial charge in [-0.1, -0.05) is 0 Å². The number of carbonyl (C=O) groups is 1. The molecule has 0 N–H and O–H groups in total. The molecule has 0 aromatic rings. The fraction of sp³-hybridized carbons (Fsp3) is 0.889. The van der Waals surface area contributed by atoms with E-state index in [-0.39, 0.29) is 25.0 Å². The van der Waals surface area contributed by atoms with Crippen LogP contribution in [-0.4, -0.2) is 30.8 Å². The number of Topliss-reactive ketones (excluding diaryl/α,β-unsaturated/α-hetero) is 1. The molecule has 0 heterocycles. The van der Waals surface area contributed by atoms with Gasteiger partial charge in [0.15, 0.2) is 0 Å². The number of carbonyl (C=O) groups excluding carboxylic acids is 1. The van der Waals surface area contributed by atoms with Gasteiger partial charge >= 0.3 is 12.4 Å². The highest BCUT2D eigenvalue weighted by Gasteiger charge is 2.57. The van der Waals surface area contributed by atoms with Crippen LogP contribution in [0.25, 0.3) is 0 Å². The molecule has 0 aliphatic rings. The first kappa shape index (κ1) is 16.2. The van der Waals surface area contributed by atoms with E-state index in [9.17, 15) is 31.1 Å². The Morgan fingerprint density at radius 3 is 1.88 bits per heavy atom. The van der Waals surface area contributed by atoms with Crippen molar-refractivity contribution in [3.05, 3.63) is 0 Å². The van der Waals surface area contributed by atoms with Crippen LogP contribution in [0.3, 0.4) is 0 Å². The van der Waals surface area contributed by atoms with Crippen molar-refractivity contribution in [2.24, 2.45) is 0 Å². The average Bonchev–Trinajstić information content (AvgIpc) is 2.05. The number of halogens is 6. The first-order chi connectivity index (χ1) is 7.55. The second-order valence-electron chi connectivity index (χ2n) is 3.49. The molecule has 0 radical (unpaired) electrons. The minimum atomic E-state index is -5.47. The van der Waals surface area contributed by atoms with E-state index >= 15 is 0 Å². The number of unbranched alkanes of at least 4 members (excludes halogenated alkanes) is 1. The number of hydrogen-bond acceptors (Lipinski definition) is 2. The van der Waals surface area contributed by atoms with Gasteiger partial charge in [0.05, 0.1) is 0 Å². The molecule has 0 rings (SSSR count). The second-order valence-corrected chi connectivity index (χ2v) is 3.49. The van der Waals surface area contributed by atoms with Gasteiger partial charge in [-0.05, 0) is 19.8 Å². The minimum absolute atomic E-state index is 0.0256. The summed E-state index contributed by atoms with van der Waals surface area (Å²) in [7, 11) is 0. The molecule has 0 aromatic heterocycles. The van der Waals surface area contributed by atoms with Crippen LogP contribution in [0.15, 0.2) is 0 Å². The zero-order valence-corrected chi connectivity index (χ0v) is 8.99. The van der Waals surface area contributed by atoms with Crippen molar-refractivity contribution in [2.75, 3.05) is 6.61 Å². The van der Waals surface area contributed by atoms with Gasteiger partial charge in [-0.15, -0.1) is 0 Å². The average molecular weight is 266 g/mol. The molecule has 0 spiro atoms. The van der Waals surface area contributed by atoms with Crippen LogP contribution in [0, 0.1) is 0 Å². The van der Waals surface area contributed by atoms with Gasteiger partial charge in [0.2, 0.25) is 6.10 Å². The van der Waals surface area contributed by atoms with E-state index < -0.39 is 25.1 Å². The number of ether oxygens (including phenoxy) is 1. The molecule has 0 atom stereocenters.